The minimum atomic E-state index is -5.69. The van der Waals surface area contributed by atoms with Gasteiger partial charge in [-0.1, -0.05) is 12.8 Å². The number of carbonyl (C=O) groups is 1. The number of halogens is 6. The van der Waals surface area contributed by atoms with Crippen molar-refractivity contribution in [3.63, 3.8) is 0 Å². The zero-order valence-electron chi connectivity index (χ0n) is 10.4. The Kier molecular flexibility index (Phi) is 4.94. The first kappa shape index (κ1) is 17.1. The Bertz CT molecular complexity index is 332. The Balaban J connectivity index is 2.73. The number of aliphatic hydroxyl groups excluding tert-OH is 1. The number of nitrogens with one attached hydrogen (secondary N) is 1. The third-order valence-corrected chi connectivity index (χ3v) is 3.55. The minimum Gasteiger partial charge on any atom is -0.396 e. The number of aliphatic hydroxyl groups is 1. The normalized spacial score (nSPS) is 19.4. The van der Waals surface area contributed by atoms with Gasteiger partial charge in [0.15, 0.2) is 0 Å². The molecule has 1 aliphatic rings. The van der Waals surface area contributed by atoms with E-state index in [0.29, 0.717) is 12.8 Å². The Morgan fingerprint density at radius 3 is 1.90 bits per heavy atom. The fraction of sp³-hybridized carbons (Fsp3) is 0.909. The molecule has 0 aromatic carbocycles. The fourth-order valence-electron chi connectivity index (χ4n) is 2.38. The molecule has 0 aliphatic heterocycles. The summed E-state index contributed by atoms with van der Waals surface area (Å²) < 4.78 is 73.9. The maximum absolute atomic E-state index is 12.3. The molecule has 0 atom stereocenters. The van der Waals surface area contributed by atoms with Crippen molar-refractivity contribution in [2.24, 2.45) is 11.3 Å². The van der Waals surface area contributed by atoms with Crippen LogP contribution in [-0.2, 0) is 4.79 Å². The van der Waals surface area contributed by atoms with Gasteiger partial charge in [0, 0.05) is 12.0 Å². The lowest BCUT2D eigenvalue weighted by molar-refractivity contribution is -0.274. The van der Waals surface area contributed by atoms with Crippen molar-refractivity contribution in [3.05, 3.63) is 0 Å². The summed E-state index contributed by atoms with van der Waals surface area (Å²) in [5, 5.41) is 10.9. The van der Waals surface area contributed by atoms with Gasteiger partial charge in [0.1, 0.15) is 0 Å². The zero-order chi connectivity index (χ0) is 15.6. The molecule has 3 nitrogen and oxygen atoms in total. The molecule has 1 saturated carbocycles. The molecule has 1 fully saturated rings. The summed E-state index contributed by atoms with van der Waals surface area (Å²) in [4.78, 5) is 11.2. The average molecular weight is 307 g/mol. The summed E-state index contributed by atoms with van der Waals surface area (Å²) in [7, 11) is 0. The quantitative estimate of drug-likeness (QED) is 0.784. The number of hydrogen-bond donors (Lipinski definition) is 2. The van der Waals surface area contributed by atoms with Crippen LogP contribution in [0.4, 0.5) is 26.3 Å². The van der Waals surface area contributed by atoms with Crippen LogP contribution in [0.25, 0.3) is 0 Å². The van der Waals surface area contributed by atoms with E-state index in [0.717, 1.165) is 12.8 Å². The predicted octanol–water partition coefficient (Wildman–Crippen LogP) is 2.40. The van der Waals surface area contributed by atoms with Crippen molar-refractivity contribution in [2.45, 2.75) is 38.0 Å². The SMILES string of the molecule is O=C(NCC1(CO)CCCC1)C(C(F)(F)F)C(F)(F)F. The molecule has 118 valence electrons. The standard InChI is InChI=1S/C11H15F6NO2/c12-10(13,14)7(11(15,16)17)8(20)18-5-9(6-19)3-1-2-4-9/h7,19H,1-6H2,(H,18,20). The molecule has 0 saturated heterocycles. The Morgan fingerprint density at radius 1 is 1.10 bits per heavy atom. The molecule has 1 amide bonds. The van der Waals surface area contributed by atoms with Gasteiger partial charge in [-0.15, -0.1) is 0 Å². The summed E-state index contributed by atoms with van der Waals surface area (Å²) in [6.45, 7) is -0.763. The van der Waals surface area contributed by atoms with Crippen LogP contribution in [0.1, 0.15) is 25.7 Å². The van der Waals surface area contributed by atoms with Crippen LogP contribution in [-0.4, -0.2) is 36.5 Å². The van der Waals surface area contributed by atoms with Gasteiger partial charge in [-0.3, -0.25) is 4.79 Å². The van der Waals surface area contributed by atoms with Crippen LogP contribution < -0.4 is 5.32 Å². The van der Waals surface area contributed by atoms with Gasteiger partial charge in [0.05, 0.1) is 6.61 Å². The molecule has 0 bridgehead atoms. The van der Waals surface area contributed by atoms with Crippen molar-refractivity contribution in [1.29, 1.82) is 0 Å². The number of alkyl halides is 6. The Hall–Kier alpha value is -0.990. The molecule has 0 spiro atoms. The van der Waals surface area contributed by atoms with Gasteiger partial charge in [-0.25, -0.2) is 0 Å². The second-order valence-electron chi connectivity index (χ2n) is 5.10. The molecule has 1 rings (SSSR count). The first-order valence-electron chi connectivity index (χ1n) is 6.04. The zero-order valence-corrected chi connectivity index (χ0v) is 10.4. The smallest absolute Gasteiger partial charge is 0.396 e. The Labute approximate surface area is 111 Å². The monoisotopic (exact) mass is 307 g/mol. The lowest BCUT2D eigenvalue weighted by atomic mass is 9.87. The topological polar surface area (TPSA) is 49.3 Å². The van der Waals surface area contributed by atoms with Crippen LogP contribution in [0.5, 0.6) is 0 Å². The highest BCUT2D eigenvalue weighted by molar-refractivity contribution is 5.80. The van der Waals surface area contributed by atoms with E-state index in [1.54, 1.807) is 5.32 Å². The first-order valence-corrected chi connectivity index (χ1v) is 6.04. The molecule has 1 aliphatic carbocycles. The van der Waals surface area contributed by atoms with Crippen LogP contribution in [0, 0.1) is 11.3 Å². The van der Waals surface area contributed by atoms with Crippen LogP contribution >= 0.6 is 0 Å². The molecule has 0 radical (unpaired) electrons. The molecule has 2 N–H and O–H groups in total. The van der Waals surface area contributed by atoms with Gasteiger partial charge in [-0.2, -0.15) is 26.3 Å². The van der Waals surface area contributed by atoms with Crippen LogP contribution in [0.15, 0.2) is 0 Å². The largest absolute Gasteiger partial charge is 0.409 e. The Morgan fingerprint density at radius 2 is 1.55 bits per heavy atom. The number of hydrogen-bond acceptors (Lipinski definition) is 2. The fourth-order valence-corrected chi connectivity index (χ4v) is 2.38. The lowest BCUT2D eigenvalue weighted by Gasteiger charge is -2.28. The highest BCUT2D eigenvalue weighted by atomic mass is 19.4. The maximum atomic E-state index is 12.3. The first-order chi connectivity index (χ1) is 9.02. The van der Waals surface area contributed by atoms with Gasteiger partial charge >= 0.3 is 12.4 Å². The maximum Gasteiger partial charge on any atom is 0.409 e. The van der Waals surface area contributed by atoms with Gasteiger partial charge in [0.25, 0.3) is 0 Å². The predicted molar refractivity (Wildman–Crippen MR) is 56.6 cm³/mol. The number of carbonyl (C=O) groups excluding carboxylic acids is 1. The molecule has 0 aromatic heterocycles. The van der Waals surface area contributed by atoms with Crippen LogP contribution in [0.3, 0.4) is 0 Å². The van der Waals surface area contributed by atoms with Crippen molar-refractivity contribution >= 4 is 5.91 Å². The van der Waals surface area contributed by atoms with E-state index in [1.807, 2.05) is 0 Å². The van der Waals surface area contributed by atoms with E-state index < -0.39 is 29.6 Å². The van der Waals surface area contributed by atoms with Crippen molar-refractivity contribution in [2.75, 3.05) is 13.2 Å². The third kappa shape index (κ3) is 4.00. The molecular weight excluding hydrogens is 292 g/mol. The van der Waals surface area contributed by atoms with Crippen LogP contribution in [0.2, 0.25) is 0 Å². The second kappa shape index (κ2) is 5.79. The molecule has 20 heavy (non-hydrogen) atoms. The van der Waals surface area contributed by atoms with E-state index in [9.17, 15) is 36.2 Å². The molecule has 0 aromatic rings. The summed E-state index contributed by atoms with van der Waals surface area (Å²) in [5.41, 5.74) is -0.808. The minimum absolute atomic E-state index is 0.379. The van der Waals surface area contributed by atoms with E-state index in [1.165, 1.54) is 0 Å². The van der Waals surface area contributed by atoms with Gasteiger partial charge in [0.2, 0.25) is 11.8 Å². The summed E-state index contributed by atoms with van der Waals surface area (Å²) in [6.07, 6.45) is -9.01. The van der Waals surface area contributed by atoms with Crippen molar-refractivity contribution in [3.8, 4) is 0 Å². The van der Waals surface area contributed by atoms with Gasteiger partial charge < -0.3 is 10.4 Å². The summed E-state index contributed by atoms with van der Waals surface area (Å²) in [5.74, 6) is -6.16. The third-order valence-electron chi connectivity index (χ3n) is 3.55. The molecule has 9 heteroatoms. The van der Waals surface area contributed by atoms with E-state index in [4.69, 9.17) is 0 Å². The van der Waals surface area contributed by atoms with E-state index in [-0.39, 0.29) is 13.2 Å². The number of amides is 1. The van der Waals surface area contributed by atoms with E-state index >= 15 is 0 Å². The highest BCUT2D eigenvalue weighted by Crippen LogP contribution is 2.40. The summed E-state index contributed by atoms with van der Waals surface area (Å²) in [6, 6.07) is 0. The van der Waals surface area contributed by atoms with Crippen molar-refractivity contribution < 1.29 is 36.2 Å². The molecular formula is C11H15F6NO2. The van der Waals surface area contributed by atoms with Crippen molar-refractivity contribution in [1.82, 2.24) is 5.32 Å². The lowest BCUT2D eigenvalue weighted by Crippen LogP contribution is -2.50. The summed E-state index contributed by atoms with van der Waals surface area (Å²) >= 11 is 0. The second-order valence-corrected chi connectivity index (χ2v) is 5.10. The average Bonchev–Trinajstić information content (AvgIpc) is 2.71. The van der Waals surface area contributed by atoms with E-state index in [2.05, 4.69) is 0 Å². The van der Waals surface area contributed by atoms with Gasteiger partial charge in [-0.05, 0) is 12.8 Å². The molecule has 0 heterocycles. The highest BCUT2D eigenvalue weighted by Gasteiger charge is 2.61. The number of rotatable bonds is 4. The molecule has 0 unspecified atom stereocenters.